The first-order chi connectivity index (χ1) is 11.6. The molecule has 0 bridgehead atoms. The Hall–Kier alpha value is -1.94. The SMILES string of the molecule is Cc1nn(C)c(C)c1S(=O)(=O)N[C@@H](C)C(=O)N1CCCC[C@@H]1C(=O)O. The highest BCUT2D eigenvalue weighted by Crippen LogP contribution is 2.21. The first kappa shape index (κ1) is 19.4. The summed E-state index contributed by atoms with van der Waals surface area (Å²) in [6, 6.07) is -1.97. The third-order valence-electron chi connectivity index (χ3n) is 4.48. The molecule has 9 nitrogen and oxygen atoms in total. The topological polar surface area (TPSA) is 122 Å². The summed E-state index contributed by atoms with van der Waals surface area (Å²) in [5.41, 5.74) is 0.805. The Labute approximate surface area is 147 Å². The van der Waals surface area contributed by atoms with Gasteiger partial charge in [-0.15, -0.1) is 0 Å². The number of hydrogen-bond donors (Lipinski definition) is 2. The largest absolute Gasteiger partial charge is 0.480 e. The number of aliphatic carboxylic acids is 1. The molecule has 1 aromatic heterocycles. The van der Waals surface area contributed by atoms with Crippen molar-refractivity contribution in [1.29, 1.82) is 0 Å². The number of carboxylic acid groups (broad SMARTS) is 1. The highest BCUT2D eigenvalue weighted by molar-refractivity contribution is 7.89. The van der Waals surface area contributed by atoms with Gasteiger partial charge in [-0.05, 0) is 40.0 Å². The van der Waals surface area contributed by atoms with Crippen molar-refractivity contribution in [1.82, 2.24) is 19.4 Å². The first-order valence-corrected chi connectivity index (χ1v) is 9.60. The lowest BCUT2D eigenvalue weighted by Crippen LogP contribution is -2.54. The maximum Gasteiger partial charge on any atom is 0.326 e. The van der Waals surface area contributed by atoms with Crippen LogP contribution in [0.25, 0.3) is 0 Å². The van der Waals surface area contributed by atoms with Gasteiger partial charge in [0.05, 0.1) is 17.4 Å². The number of likely N-dealkylation sites (tertiary alicyclic amines) is 1. The molecule has 0 radical (unpaired) electrons. The standard InChI is InChI=1S/C15H24N4O5S/c1-9-13(11(3)18(4)16-9)25(23,24)17-10(2)14(20)19-8-6-5-7-12(19)15(21)22/h10,12,17H,5-8H2,1-4H3,(H,21,22)/t10-,12+/m0/s1. The molecule has 2 N–H and O–H groups in total. The number of aromatic nitrogens is 2. The predicted molar refractivity (Wildman–Crippen MR) is 89.5 cm³/mol. The summed E-state index contributed by atoms with van der Waals surface area (Å²) in [6.45, 7) is 4.95. The molecule has 1 aromatic rings. The molecule has 1 saturated heterocycles. The summed E-state index contributed by atoms with van der Waals surface area (Å²) in [4.78, 5) is 25.3. The Morgan fingerprint density at radius 2 is 1.96 bits per heavy atom. The lowest BCUT2D eigenvalue weighted by molar-refractivity contribution is -0.152. The molecule has 10 heteroatoms. The molecule has 0 aromatic carbocycles. The molecule has 2 heterocycles. The quantitative estimate of drug-likeness (QED) is 0.760. The van der Waals surface area contributed by atoms with Gasteiger partial charge in [0.15, 0.2) is 0 Å². The molecule has 1 aliphatic rings. The fourth-order valence-corrected chi connectivity index (χ4v) is 4.82. The number of rotatable bonds is 5. The van der Waals surface area contributed by atoms with Crippen molar-refractivity contribution < 1.29 is 23.1 Å². The van der Waals surface area contributed by atoms with E-state index >= 15 is 0 Å². The minimum atomic E-state index is -3.95. The number of nitrogens with one attached hydrogen (secondary N) is 1. The molecule has 1 aliphatic heterocycles. The van der Waals surface area contributed by atoms with Crippen LogP contribution in [0.2, 0.25) is 0 Å². The molecule has 0 unspecified atom stereocenters. The Balaban J connectivity index is 2.21. The number of carbonyl (C=O) groups is 2. The van der Waals surface area contributed by atoms with Crippen molar-refractivity contribution in [2.24, 2.45) is 7.05 Å². The average molecular weight is 372 g/mol. The number of piperidine rings is 1. The summed E-state index contributed by atoms with van der Waals surface area (Å²) < 4.78 is 29.1. The maximum atomic E-state index is 12.6. The molecule has 25 heavy (non-hydrogen) atoms. The van der Waals surface area contributed by atoms with Crippen molar-refractivity contribution in [3.63, 3.8) is 0 Å². The molecule has 1 amide bonds. The Morgan fingerprint density at radius 1 is 1.32 bits per heavy atom. The van der Waals surface area contributed by atoms with Gasteiger partial charge in [-0.2, -0.15) is 9.82 Å². The second-order valence-electron chi connectivity index (χ2n) is 6.35. The molecule has 2 rings (SSSR count). The number of amides is 1. The van der Waals surface area contributed by atoms with Gasteiger partial charge < -0.3 is 10.0 Å². The predicted octanol–water partition coefficient (Wildman–Crippen LogP) is 0.169. The molecule has 1 fully saturated rings. The van der Waals surface area contributed by atoms with Gasteiger partial charge in [0.2, 0.25) is 15.9 Å². The monoisotopic (exact) mass is 372 g/mol. The van der Waals surface area contributed by atoms with Crippen LogP contribution in [0, 0.1) is 13.8 Å². The Kier molecular flexibility index (Phi) is 5.52. The second-order valence-corrected chi connectivity index (χ2v) is 8.00. The van der Waals surface area contributed by atoms with E-state index in [1.54, 1.807) is 20.9 Å². The Morgan fingerprint density at radius 3 is 2.48 bits per heavy atom. The van der Waals surface area contributed by atoms with Gasteiger partial charge >= 0.3 is 5.97 Å². The molecule has 0 saturated carbocycles. The molecule has 0 aliphatic carbocycles. The molecular formula is C15H24N4O5S. The van der Waals surface area contributed by atoms with Crippen LogP contribution < -0.4 is 4.72 Å². The number of aryl methyl sites for hydroxylation is 2. The lowest BCUT2D eigenvalue weighted by atomic mass is 10.0. The summed E-state index contributed by atoms with van der Waals surface area (Å²) in [6.07, 6.45) is 1.81. The van der Waals surface area contributed by atoms with E-state index in [1.165, 1.54) is 16.5 Å². The fourth-order valence-electron chi connectivity index (χ4n) is 3.19. The van der Waals surface area contributed by atoms with Crippen LogP contribution in [0.3, 0.4) is 0 Å². The molecule has 2 atom stereocenters. The van der Waals surface area contributed by atoms with Crippen molar-refractivity contribution >= 4 is 21.9 Å². The van der Waals surface area contributed by atoms with Crippen molar-refractivity contribution in [2.45, 2.75) is 57.0 Å². The fraction of sp³-hybridized carbons (Fsp3) is 0.667. The summed E-state index contributed by atoms with van der Waals surface area (Å²) in [5, 5.41) is 13.4. The zero-order chi connectivity index (χ0) is 18.9. The average Bonchev–Trinajstić information content (AvgIpc) is 2.79. The first-order valence-electron chi connectivity index (χ1n) is 8.12. The molecular weight excluding hydrogens is 348 g/mol. The van der Waals surface area contributed by atoms with Gasteiger partial charge in [-0.3, -0.25) is 9.48 Å². The number of nitrogens with zero attached hydrogens (tertiary/aromatic N) is 3. The van der Waals surface area contributed by atoms with Crippen LogP contribution in [-0.4, -0.2) is 58.7 Å². The highest BCUT2D eigenvalue weighted by atomic mass is 32.2. The van der Waals surface area contributed by atoms with Gasteiger partial charge in [-0.1, -0.05) is 0 Å². The summed E-state index contributed by atoms with van der Waals surface area (Å²) >= 11 is 0. The number of sulfonamides is 1. The smallest absolute Gasteiger partial charge is 0.326 e. The minimum Gasteiger partial charge on any atom is -0.480 e. The van der Waals surface area contributed by atoms with E-state index in [9.17, 15) is 23.1 Å². The normalized spacial score (nSPS) is 19.7. The number of carboxylic acids is 1. The van der Waals surface area contributed by atoms with E-state index < -0.39 is 34.0 Å². The van der Waals surface area contributed by atoms with Crippen LogP contribution in [0.4, 0.5) is 0 Å². The lowest BCUT2D eigenvalue weighted by Gasteiger charge is -2.34. The van der Waals surface area contributed by atoms with E-state index in [-0.39, 0.29) is 4.90 Å². The molecule has 140 valence electrons. The van der Waals surface area contributed by atoms with E-state index in [0.717, 1.165) is 6.42 Å². The summed E-state index contributed by atoms with van der Waals surface area (Å²) in [7, 11) is -2.31. The molecule has 0 spiro atoms. The van der Waals surface area contributed by atoms with Crippen LogP contribution in [0.1, 0.15) is 37.6 Å². The van der Waals surface area contributed by atoms with Gasteiger partial charge in [0.1, 0.15) is 10.9 Å². The van der Waals surface area contributed by atoms with Gasteiger partial charge in [0, 0.05) is 13.6 Å². The van der Waals surface area contributed by atoms with Gasteiger partial charge in [0.25, 0.3) is 0 Å². The van der Waals surface area contributed by atoms with Crippen LogP contribution >= 0.6 is 0 Å². The number of hydrogen-bond acceptors (Lipinski definition) is 5. The Bertz CT molecular complexity index is 786. The minimum absolute atomic E-state index is 0.0445. The third-order valence-corrected chi connectivity index (χ3v) is 6.28. The van der Waals surface area contributed by atoms with Gasteiger partial charge in [-0.25, -0.2) is 13.2 Å². The van der Waals surface area contributed by atoms with Crippen molar-refractivity contribution in [3.05, 3.63) is 11.4 Å². The third kappa shape index (κ3) is 3.84. The van der Waals surface area contributed by atoms with E-state index in [2.05, 4.69) is 9.82 Å². The van der Waals surface area contributed by atoms with E-state index in [4.69, 9.17) is 0 Å². The van der Waals surface area contributed by atoms with Crippen LogP contribution in [0.15, 0.2) is 4.90 Å². The van der Waals surface area contributed by atoms with Crippen LogP contribution in [0.5, 0.6) is 0 Å². The highest BCUT2D eigenvalue weighted by Gasteiger charge is 2.36. The van der Waals surface area contributed by atoms with Crippen LogP contribution in [-0.2, 0) is 26.7 Å². The van der Waals surface area contributed by atoms with E-state index in [0.29, 0.717) is 30.8 Å². The maximum absolute atomic E-state index is 12.6. The zero-order valence-corrected chi connectivity index (χ0v) is 15.6. The zero-order valence-electron chi connectivity index (χ0n) is 14.8. The van der Waals surface area contributed by atoms with Crippen molar-refractivity contribution in [2.75, 3.05) is 6.54 Å². The number of carbonyl (C=O) groups excluding carboxylic acids is 1. The van der Waals surface area contributed by atoms with E-state index in [1.807, 2.05) is 0 Å². The summed E-state index contributed by atoms with van der Waals surface area (Å²) in [5.74, 6) is -1.60. The second kappa shape index (κ2) is 7.12. The van der Waals surface area contributed by atoms with Crippen molar-refractivity contribution in [3.8, 4) is 0 Å².